The molecule has 2 N–H and O–H groups in total. The van der Waals surface area contributed by atoms with Crippen LogP contribution in [0.4, 0.5) is 8.78 Å². The van der Waals surface area contributed by atoms with E-state index in [9.17, 15) is 8.78 Å². The van der Waals surface area contributed by atoms with Gasteiger partial charge in [0.05, 0.1) is 12.6 Å². The molecule has 0 saturated heterocycles. The van der Waals surface area contributed by atoms with E-state index in [1.165, 1.54) is 7.11 Å². The van der Waals surface area contributed by atoms with E-state index in [1.54, 1.807) is 12.1 Å². The number of hydrogen-bond acceptors (Lipinski definition) is 4. The summed E-state index contributed by atoms with van der Waals surface area (Å²) in [5.41, 5.74) is 5.60. The van der Waals surface area contributed by atoms with Gasteiger partial charge >= 0.3 is 0 Å². The lowest BCUT2D eigenvalue weighted by molar-refractivity contribution is -0.125. The van der Waals surface area contributed by atoms with Crippen LogP contribution in [0, 0.1) is 0 Å². The summed E-state index contributed by atoms with van der Waals surface area (Å²) in [5, 5.41) is 0. The number of fused-ring (bicyclic) bond motifs is 1. The molecule has 0 amide bonds. The quantitative estimate of drug-likeness (QED) is 0.894. The molecule has 1 aromatic rings. The van der Waals surface area contributed by atoms with E-state index in [0.29, 0.717) is 36.0 Å². The van der Waals surface area contributed by atoms with Gasteiger partial charge in [-0.3, -0.25) is 0 Å². The molecular weight excluding hydrogens is 256 g/mol. The highest BCUT2D eigenvalue weighted by atomic mass is 19.3. The Kier molecular flexibility index (Phi) is 2.60. The summed E-state index contributed by atoms with van der Waals surface area (Å²) < 4.78 is 42.3. The first-order valence-corrected chi connectivity index (χ1v) is 6.08. The molecule has 1 aromatic carbocycles. The van der Waals surface area contributed by atoms with E-state index < -0.39 is 11.5 Å². The summed E-state index contributed by atoms with van der Waals surface area (Å²) in [6, 6.07) is 3.33. The zero-order valence-electron chi connectivity index (χ0n) is 10.5. The average Bonchev–Trinajstić information content (AvgIpc) is 2.35. The second-order valence-electron chi connectivity index (χ2n) is 5.07. The Labute approximate surface area is 109 Å². The van der Waals surface area contributed by atoms with Crippen LogP contribution in [0.25, 0.3) is 0 Å². The van der Waals surface area contributed by atoms with Crippen molar-refractivity contribution >= 4 is 0 Å². The lowest BCUT2D eigenvalue weighted by Gasteiger charge is -2.45. The number of benzene rings is 1. The number of ether oxygens (including phenoxy) is 3. The molecule has 4 nitrogen and oxygen atoms in total. The standard InChI is InChI=1S/C13H15F2NO3/c1-17-9-4-8(12(16)6-13(14,15)7-12)5-10-11(9)19-3-2-18-10/h4-5H,2-3,6-7,16H2,1H3. The third-order valence-electron chi connectivity index (χ3n) is 3.55. The highest BCUT2D eigenvalue weighted by Gasteiger charge is 2.55. The first-order chi connectivity index (χ1) is 8.93. The van der Waals surface area contributed by atoms with Gasteiger partial charge in [0, 0.05) is 12.8 Å². The smallest absolute Gasteiger partial charge is 0.252 e. The minimum absolute atomic E-state index is 0.358. The van der Waals surface area contributed by atoms with Gasteiger partial charge in [0.15, 0.2) is 11.5 Å². The van der Waals surface area contributed by atoms with E-state index >= 15 is 0 Å². The number of halogens is 2. The van der Waals surface area contributed by atoms with Crippen molar-refractivity contribution in [3.8, 4) is 17.2 Å². The predicted molar refractivity (Wildman–Crippen MR) is 64.0 cm³/mol. The molecule has 0 atom stereocenters. The van der Waals surface area contributed by atoms with E-state index in [-0.39, 0.29) is 12.8 Å². The van der Waals surface area contributed by atoms with Gasteiger partial charge < -0.3 is 19.9 Å². The molecule has 1 aliphatic carbocycles. The van der Waals surface area contributed by atoms with Crippen LogP contribution in [0.3, 0.4) is 0 Å². The Morgan fingerprint density at radius 3 is 2.53 bits per heavy atom. The van der Waals surface area contributed by atoms with Gasteiger partial charge in [-0.05, 0) is 17.7 Å². The van der Waals surface area contributed by atoms with Gasteiger partial charge in [0.25, 0.3) is 5.92 Å². The molecule has 104 valence electrons. The summed E-state index contributed by atoms with van der Waals surface area (Å²) in [6.45, 7) is 0.863. The van der Waals surface area contributed by atoms with Crippen LogP contribution >= 0.6 is 0 Å². The fourth-order valence-electron chi connectivity index (χ4n) is 2.64. The molecular formula is C13H15F2NO3. The van der Waals surface area contributed by atoms with E-state index in [1.807, 2.05) is 0 Å². The maximum absolute atomic E-state index is 13.1. The van der Waals surface area contributed by atoms with Crippen LogP contribution in [-0.4, -0.2) is 26.2 Å². The fourth-order valence-corrected chi connectivity index (χ4v) is 2.64. The van der Waals surface area contributed by atoms with Gasteiger partial charge in [-0.2, -0.15) is 0 Å². The third-order valence-corrected chi connectivity index (χ3v) is 3.55. The molecule has 0 spiro atoms. The monoisotopic (exact) mass is 271 g/mol. The second-order valence-corrected chi connectivity index (χ2v) is 5.07. The zero-order valence-corrected chi connectivity index (χ0v) is 10.5. The molecule has 0 aromatic heterocycles. The predicted octanol–water partition coefficient (Wildman–Crippen LogP) is 2.05. The molecule has 19 heavy (non-hydrogen) atoms. The van der Waals surface area contributed by atoms with Gasteiger partial charge in [-0.1, -0.05) is 0 Å². The first kappa shape index (κ1) is 12.5. The summed E-state index contributed by atoms with van der Waals surface area (Å²) in [4.78, 5) is 0. The van der Waals surface area contributed by atoms with Crippen molar-refractivity contribution in [2.75, 3.05) is 20.3 Å². The minimum Gasteiger partial charge on any atom is -0.493 e. The number of hydrogen-bond donors (Lipinski definition) is 1. The lowest BCUT2D eigenvalue weighted by atomic mass is 9.69. The Morgan fingerprint density at radius 1 is 1.21 bits per heavy atom. The van der Waals surface area contributed by atoms with Crippen LogP contribution in [0.5, 0.6) is 17.2 Å². The number of nitrogens with two attached hydrogens (primary N) is 1. The molecule has 1 aliphatic heterocycles. The molecule has 3 rings (SSSR count). The summed E-state index contributed by atoms with van der Waals surface area (Å²) in [6.07, 6.45) is -0.717. The Morgan fingerprint density at radius 2 is 1.89 bits per heavy atom. The molecule has 1 heterocycles. The first-order valence-electron chi connectivity index (χ1n) is 6.08. The van der Waals surface area contributed by atoms with Crippen LogP contribution in [0.1, 0.15) is 18.4 Å². The van der Waals surface area contributed by atoms with E-state index in [0.717, 1.165) is 0 Å². The fraction of sp³-hybridized carbons (Fsp3) is 0.538. The molecule has 0 bridgehead atoms. The lowest BCUT2D eigenvalue weighted by Crippen LogP contribution is -2.55. The molecule has 1 fully saturated rings. The highest BCUT2D eigenvalue weighted by Crippen LogP contribution is 2.52. The number of methoxy groups -OCH3 is 1. The van der Waals surface area contributed by atoms with Crippen molar-refractivity contribution in [2.45, 2.75) is 24.3 Å². The maximum Gasteiger partial charge on any atom is 0.252 e. The van der Waals surface area contributed by atoms with Crippen molar-refractivity contribution < 1.29 is 23.0 Å². The highest BCUT2D eigenvalue weighted by molar-refractivity contribution is 5.56. The Bertz CT molecular complexity index is 494. The zero-order chi connectivity index (χ0) is 13.7. The summed E-state index contributed by atoms with van der Waals surface area (Å²) >= 11 is 0. The maximum atomic E-state index is 13.1. The normalized spacial score (nSPS) is 22.5. The van der Waals surface area contributed by atoms with Gasteiger partial charge in [-0.15, -0.1) is 0 Å². The number of alkyl halides is 2. The van der Waals surface area contributed by atoms with Gasteiger partial charge in [0.2, 0.25) is 5.75 Å². The number of rotatable bonds is 2. The van der Waals surface area contributed by atoms with Crippen molar-refractivity contribution in [3.63, 3.8) is 0 Å². The van der Waals surface area contributed by atoms with Crippen molar-refractivity contribution in [1.29, 1.82) is 0 Å². The van der Waals surface area contributed by atoms with Crippen LogP contribution in [0.2, 0.25) is 0 Å². The van der Waals surface area contributed by atoms with E-state index in [4.69, 9.17) is 19.9 Å². The van der Waals surface area contributed by atoms with Crippen LogP contribution in [-0.2, 0) is 5.54 Å². The topological polar surface area (TPSA) is 53.7 Å². The van der Waals surface area contributed by atoms with Crippen molar-refractivity contribution in [3.05, 3.63) is 17.7 Å². The molecule has 2 aliphatic rings. The molecule has 1 saturated carbocycles. The molecule has 6 heteroatoms. The largest absolute Gasteiger partial charge is 0.493 e. The summed E-state index contributed by atoms with van der Waals surface area (Å²) in [7, 11) is 1.50. The molecule has 0 unspecified atom stereocenters. The summed E-state index contributed by atoms with van der Waals surface area (Å²) in [5.74, 6) is -1.21. The molecule has 0 radical (unpaired) electrons. The minimum atomic E-state index is -2.69. The SMILES string of the molecule is COc1cc(C2(N)CC(F)(F)C2)cc2c1OCCO2. The van der Waals surface area contributed by atoms with Gasteiger partial charge in [0.1, 0.15) is 13.2 Å². The van der Waals surface area contributed by atoms with Crippen molar-refractivity contribution in [1.82, 2.24) is 0 Å². The van der Waals surface area contributed by atoms with E-state index in [2.05, 4.69) is 0 Å². The Hall–Kier alpha value is -1.56. The second kappa shape index (κ2) is 3.96. The Balaban J connectivity index is 1.99. The van der Waals surface area contributed by atoms with Crippen LogP contribution in [0.15, 0.2) is 12.1 Å². The van der Waals surface area contributed by atoms with Crippen LogP contribution < -0.4 is 19.9 Å². The third kappa shape index (κ3) is 2.00. The van der Waals surface area contributed by atoms with Gasteiger partial charge in [-0.25, -0.2) is 8.78 Å². The average molecular weight is 271 g/mol. The van der Waals surface area contributed by atoms with Crippen molar-refractivity contribution in [2.24, 2.45) is 5.73 Å².